The van der Waals surface area contributed by atoms with E-state index in [2.05, 4.69) is 40.3 Å². The fraction of sp³-hybridized carbons (Fsp3) is 0.905. The van der Waals surface area contributed by atoms with E-state index in [1.165, 1.54) is 0 Å². The van der Waals surface area contributed by atoms with Crippen LogP contribution in [0.4, 0.5) is 0 Å². The molecule has 6 heteroatoms. The van der Waals surface area contributed by atoms with Gasteiger partial charge in [-0.1, -0.05) is 27.7 Å². The van der Waals surface area contributed by atoms with Crippen LogP contribution in [-0.2, 0) is 9.59 Å². The van der Waals surface area contributed by atoms with Crippen molar-refractivity contribution >= 4 is 23.5 Å². The second kappa shape index (κ2) is 13.6. The Balaban J connectivity index is 4.42. The molecule has 1 amide bonds. The van der Waals surface area contributed by atoms with Gasteiger partial charge in [0.1, 0.15) is 18.4 Å². The second-order valence-electron chi connectivity index (χ2n) is 9.33. The van der Waals surface area contributed by atoms with Gasteiger partial charge in [0.05, 0.1) is 21.1 Å². The molecule has 0 aromatic heterocycles. The number of rotatable bonds is 15. The van der Waals surface area contributed by atoms with Crippen LogP contribution in [0.25, 0.3) is 0 Å². The average Bonchev–Trinajstić information content (AvgIpc) is 2.51. The zero-order valence-corrected chi connectivity index (χ0v) is 19.4. The summed E-state index contributed by atoms with van der Waals surface area (Å²) in [6, 6.07) is 0. The van der Waals surface area contributed by atoms with Gasteiger partial charge in [-0.05, 0) is 25.2 Å². The topological polar surface area (TPSA) is 66.4 Å². The molecule has 27 heavy (non-hydrogen) atoms. The highest BCUT2D eigenvalue weighted by Gasteiger charge is 2.21. The number of hydrogen-bond acceptors (Lipinski definition) is 4. The number of hydrogen-bond donors (Lipinski definition) is 2. The van der Waals surface area contributed by atoms with Crippen molar-refractivity contribution in [3.63, 3.8) is 0 Å². The van der Waals surface area contributed by atoms with Gasteiger partial charge in [0.25, 0.3) is 0 Å². The number of carbonyl (C=O) groups excluding carboxylic acids is 2. The third kappa shape index (κ3) is 16.1. The van der Waals surface area contributed by atoms with Crippen LogP contribution in [0.5, 0.6) is 0 Å². The smallest absolute Gasteiger partial charge is 0.220 e. The zero-order valence-electron chi connectivity index (χ0n) is 18.6. The highest BCUT2D eigenvalue weighted by atomic mass is 32.2. The molecule has 0 aromatic rings. The maximum Gasteiger partial charge on any atom is 0.220 e. The van der Waals surface area contributed by atoms with Gasteiger partial charge in [0.15, 0.2) is 0 Å². The van der Waals surface area contributed by atoms with Crippen LogP contribution in [0.1, 0.15) is 59.8 Å². The number of aliphatic hydroxyl groups is 1. The van der Waals surface area contributed by atoms with Crippen molar-refractivity contribution in [2.75, 3.05) is 40.0 Å². The summed E-state index contributed by atoms with van der Waals surface area (Å²) in [4.78, 5) is 24.2. The summed E-state index contributed by atoms with van der Waals surface area (Å²) in [6.45, 7) is 9.59. The monoisotopic (exact) mass is 403 g/mol. The summed E-state index contributed by atoms with van der Waals surface area (Å²) in [7, 11) is 6.16. The highest BCUT2D eigenvalue weighted by molar-refractivity contribution is 7.99. The fourth-order valence-electron chi connectivity index (χ4n) is 2.76. The van der Waals surface area contributed by atoms with E-state index in [9.17, 15) is 14.7 Å². The minimum absolute atomic E-state index is 0.00845. The van der Waals surface area contributed by atoms with Crippen LogP contribution in [0, 0.1) is 11.8 Å². The molecule has 2 unspecified atom stereocenters. The van der Waals surface area contributed by atoms with Crippen molar-refractivity contribution in [3.8, 4) is 0 Å². The van der Waals surface area contributed by atoms with Gasteiger partial charge >= 0.3 is 0 Å². The fourth-order valence-corrected chi connectivity index (χ4v) is 3.92. The Morgan fingerprint density at radius 1 is 1.07 bits per heavy atom. The Hall–Kier alpha value is -0.590. The van der Waals surface area contributed by atoms with E-state index in [-0.39, 0.29) is 22.9 Å². The molecular formula is C21H43N2O3S+. The van der Waals surface area contributed by atoms with E-state index in [1.54, 1.807) is 11.8 Å². The number of nitrogens with one attached hydrogen (secondary N) is 1. The molecule has 0 aromatic carbocycles. The first-order chi connectivity index (χ1) is 12.4. The number of nitrogens with zero attached hydrogens (tertiary/aromatic N) is 1. The largest absolute Gasteiger partial charge is 0.386 e. The first-order valence-corrected chi connectivity index (χ1v) is 11.3. The lowest BCUT2D eigenvalue weighted by Crippen LogP contribution is -2.42. The number of likely N-dealkylation sites (N-methyl/N-ethyl adjacent to an activating group) is 1. The summed E-state index contributed by atoms with van der Waals surface area (Å²) >= 11 is 1.63. The molecule has 2 N–H and O–H groups in total. The first-order valence-electron chi connectivity index (χ1n) is 10.3. The minimum atomic E-state index is -0.406. The molecule has 0 radical (unpaired) electrons. The van der Waals surface area contributed by atoms with E-state index in [0.29, 0.717) is 42.0 Å². The first kappa shape index (κ1) is 26.4. The Labute approximate surface area is 171 Å². The number of aliphatic hydroxyl groups excluding tert-OH is 1. The molecule has 0 spiro atoms. The number of Topliss-reactive ketones (excluding diaryl/α,β-unsaturated/α-hetero) is 1. The third-order valence-corrected chi connectivity index (χ3v) is 5.78. The number of ketones is 1. The van der Waals surface area contributed by atoms with Crippen molar-refractivity contribution in [3.05, 3.63) is 0 Å². The van der Waals surface area contributed by atoms with Crippen LogP contribution < -0.4 is 5.32 Å². The molecule has 160 valence electrons. The molecule has 5 nitrogen and oxygen atoms in total. The number of thioether (sulfide) groups is 1. The Kier molecular flexibility index (Phi) is 13.3. The normalized spacial score (nSPS) is 14.4. The molecular weight excluding hydrogens is 360 g/mol. The molecule has 0 heterocycles. The molecule has 0 fully saturated rings. The molecule has 0 aliphatic rings. The lowest BCUT2D eigenvalue weighted by Gasteiger charge is -2.27. The van der Waals surface area contributed by atoms with Gasteiger partial charge in [-0.25, -0.2) is 0 Å². The third-order valence-electron chi connectivity index (χ3n) is 4.33. The van der Waals surface area contributed by atoms with Crippen LogP contribution >= 0.6 is 11.8 Å². The van der Waals surface area contributed by atoms with E-state index in [0.717, 1.165) is 19.4 Å². The van der Waals surface area contributed by atoms with Crippen molar-refractivity contribution in [1.82, 2.24) is 5.32 Å². The molecule has 0 rings (SSSR count). The Bertz CT molecular complexity index is 434. The van der Waals surface area contributed by atoms with Gasteiger partial charge in [0.2, 0.25) is 5.91 Å². The standard InChI is InChI=1S/C21H42N2O3S/c1-16(2)9-8-12-22-21(26)11-10-19(13-20(25)17(3)4)27-15-18(24)14-23(5,6)7/h16-19,24H,8-15H2,1-7H3/p+1. The van der Waals surface area contributed by atoms with Gasteiger partial charge in [-0.3, -0.25) is 9.59 Å². The quantitative estimate of drug-likeness (QED) is 0.326. The van der Waals surface area contributed by atoms with E-state index in [1.807, 2.05) is 13.8 Å². The predicted molar refractivity (Wildman–Crippen MR) is 116 cm³/mol. The summed E-state index contributed by atoms with van der Waals surface area (Å²) in [5, 5.41) is 13.3. The maximum atomic E-state index is 12.2. The van der Waals surface area contributed by atoms with Crippen molar-refractivity contribution in [2.45, 2.75) is 71.2 Å². The summed E-state index contributed by atoms with van der Waals surface area (Å²) in [6.07, 6.45) is 3.31. The van der Waals surface area contributed by atoms with Crippen molar-refractivity contribution < 1.29 is 19.2 Å². The molecule has 2 atom stereocenters. The Morgan fingerprint density at radius 2 is 1.70 bits per heavy atom. The predicted octanol–water partition coefficient (Wildman–Crippen LogP) is 3.10. The number of amides is 1. The second-order valence-corrected chi connectivity index (χ2v) is 10.7. The summed E-state index contributed by atoms with van der Waals surface area (Å²) < 4.78 is 0.704. The van der Waals surface area contributed by atoms with Gasteiger partial charge in [0, 0.05) is 36.3 Å². The van der Waals surface area contributed by atoms with Crippen LogP contribution in [0.3, 0.4) is 0 Å². The van der Waals surface area contributed by atoms with E-state index in [4.69, 9.17) is 0 Å². The van der Waals surface area contributed by atoms with Crippen molar-refractivity contribution in [2.24, 2.45) is 11.8 Å². The van der Waals surface area contributed by atoms with Crippen LogP contribution in [-0.4, -0.2) is 72.6 Å². The zero-order chi connectivity index (χ0) is 21.0. The number of carbonyl (C=O) groups is 2. The van der Waals surface area contributed by atoms with Crippen molar-refractivity contribution in [1.29, 1.82) is 0 Å². The SMILES string of the molecule is CC(C)CCCNC(=O)CCC(CC(=O)C(C)C)SCC(O)C[N+](C)(C)C. The van der Waals surface area contributed by atoms with Gasteiger partial charge in [-0.2, -0.15) is 11.8 Å². The molecule has 0 aliphatic carbocycles. The average molecular weight is 404 g/mol. The summed E-state index contributed by atoms with van der Waals surface area (Å²) in [5.41, 5.74) is 0. The summed E-state index contributed by atoms with van der Waals surface area (Å²) in [5.74, 6) is 1.55. The maximum absolute atomic E-state index is 12.2. The molecule has 0 aliphatic heterocycles. The molecule has 0 saturated carbocycles. The van der Waals surface area contributed by atoms with Gasteiger partial charge < -0.3 is 14.9 Å². The minimum Gasteiger partial charge on any atom is -0.386 e. The number of quaternary nitrogens is 1. The van der Waals surface area contributed by atoms with Crippen LogP contribution in [0.15, 0.2) is 0 Å². The molecule has 0 bridgehead atoms. The highest BCUT2D eigenvalue weighted by Crippen LogP contribution is 2.23. The lowest BCUT2D eigenvalue weighted by atomic mass is 10.0. The lowest BCUT2D eigenvalue weighted by molar-refractivity contribution is -0.873. The van der Waals surface area contributed by atoms with Crippen LogP contribution in [0.2, 0.25) is 0 Å². The van der Waals surface area contributed by atoms with Gasteiger partial charge in [-0.15, -0.1) is 0 Å². The Morgan fingerprint density at radius 3 is 2.22 bits per heavy atom. The van der Waals surface area contributed by atoms with E-state index >= 15 is 0 Å². The van der Waals surface area contributed by atoms with E-state index < -0.39 is 6.10 Å². The molecule has 0 saturated heterocycles.